The minimum absolute atomic E-state index is 0.0277. The molecule has 6 nitrogen and oxygen atoms in total. The second kappa shape index (κ2) is 9.41. The minimum atomic E-state index is 0.0277. The zero-order valence-electron chi connectivity index (χ0n) is 17.1. The third-order valence-corrected chi connectivity index (χ3v) is 6.13. The van der Waals surface area contributed by atoms with Crippen molar-refractivity contribution < 1.29 is 19.1 Å². The summed E-state index contributed by atoms with van der Waals surface area (Å²) >= 11 is 0. The standard InChI is InChI=1S/C22H32N2O4/c1-18(25)23-12-6-5-9-22(17-27-2)10-13-24(14-11-22)21(26)19-7-3-4-8-20(19)28-16-15-23/h3-4,7-8H,5-6,9-17H2,1-2H3. The van der Waals surface area contributed by atoms with Crippen molar-refractivity contribution in [1.29, 1.82) is 0 Å². The lowest BCUT2D eigenvalue weighted by atomic mass is 9.75. The van der Waals surface area contributed by atoms with Gasteiger partial charge in [-0.3, -0.25) is 9.59 Å². The quantitative estimate of drug-likeness (QED) is 0.782. The molecule has 3 heterocycles. The average molecular weight is 389 g/mol. The normalized spacial score (nSPS) is 20.7. The summed E-state index contributed by atoms with van der Waals surface area (Å²) in [6.45, 7) is 5.49. The number of benzene rings is 1. The zero-order valence-corrected chi connectivity index (χ0v) is 17.1. The van der Waals surface area contributed by atoms with Crippen molar-refractivity contribution >= 4 is 11.8 Å². The lowest BCUT2D eigenvalue weighted by molar-refractivity contribution is -0.129. The van der Waals surface area contributed by atoms with Gasteiger partial charge in [-0.2, -0.15) is 0 Å². The number of ether oxygens (including phenoxy) is 2. The minimum Gasteiger partial charge on any atom is -0.491 e. The number of hydrogen-bond acceptors (Lipinski definition) is 4. The molecule has 1 aromatic carbocycles. The maximum atomic E-state index is 13.1. The second-order valence-corrected chi connectivity index (χ2v) is 8.03. The van der Waals surface area contributed by atoms with Gasteiger partial charge in [0.1, 0.15) is 12.4 Å². The molecule has 0 unspecified atom stereocenters. The van der Waals surface area contributed by atoms with E-state index in [0.717, 1.165) is 58.3 Å². The molecule has 154 valence electrons. The highest BCUT2D eigenvalue weighted by Gasteiger charge is 2.36. The molecular weight excluding hydrogens is 356 g/mol. The highest BCUT2D eigenvalue weighted by molar-refractivity contribution is 5.97. The third kappa shape index (κ3) is 4.85. The molecular formula is C22H32N2O4. The molecule has 4 rings (SSSR count). The first kappa shape index (κ1) is 20.6. The van der Waals surface area contributed by atoms with Crippen molar-refractivity contribution in [2.45, 2.75) is 39.0 Å². The summed E-state index contributed by atoms with van der Waals surface area (Å²) in [5.41, 5.74) is 0.731. The second-order valence-electron chi connectivity index (χ2n) is 8.03. The van der Waals surface area contributed by atoms with Gasteiger partial charge < -0.3 is 19.3 Å². The Balaban J connectivity index is 1.83. The number of methoxy groups -OCH3 is 1. The molecule has 0 aromatic heterocycles. The largest absolute Gasteiger partial charge is 0.491 e. The van der Waals surface area contributed by atoms with Crippen LogP contribution in [0.5, 0.6) is 5.75 Å². The Morgan fingerprint density at radius 2 is 1.86 bits per heavy atom. The fourth-order valence-electron chi connectivity index (χ4n) is 4.39. The third-order valence-electron chi connectivity index (χ3n) is 6.13. The van der Waals surface area contributed by atoms with Gasteiger partial charge in [-0.15, -0.1) is 0 Å². The lowest BCUT2D eigenvalue weighted by Crippen LogP contribution is -2.45. The molecule has 0 radical (unpaired) electrons. The number of carbonyl (C=O) groups is 2. The topological polar surface area (TPSA) is 59.1 Å². The van der Waals surface area contributed by atoms with E-state index in [0.29, 0.717) is 24.5 Å². The number of para-hydroxylation sites is 1. The molecule has 0 saturated carbocycles. The van der Waals surface area contributed by atoms with E-state index in [1.807, 2.05) is 34.1 Å². The Labute approximate surface area is 167 Å². The van der Waals surface area contributed by atoms with E-state index < -0.39 is 0 Å². The predicted molar refractivity (Wildman–Crippen MR) is 107 cm³/mol. The molecule has 28 heavy (non-hydrogen) atoms. The van der Waals surface area contributed by atoms with Crippen LogP contribution in [0.2, 0.25) is 0 Å². The smallest absolute Gasteiger partial charge is 0.257 e. The molecule has 2 amide bonds. The summed E-state index contributed by atoms with van der Waals surface area (Å²) in [5.74, 6) is 0.690. The Morgan fingerprint density at radius 1 is 1.11 bits per heavy atom. The van der Waals surface area contributed by atoms with Crippen LogP contribution in [0.4, 0.5) is 0 Å². The molecule has 1 saturated heterocycles. The molecule has 0 atom stereocenters. The van der Waals surface area contributed by atoms with E-state index in [1.54, 1.807) is 14.0 Å². The van der Waals surface area contributed by atoms with Crippen LogP contribution in [0, 0.1) is 5.41 Å². The van der Waals surface area contributed by atoms with Crippen LogP contribution in [0.15, 0.2) is 24.3 Å². The fraction of sp³-hybridized carbons (Fsp3) is 0.636. The van der Waals surface area contributed by atoms with Crippen molar-refractivity contribution in [3.8, 4) is 5.75 Å². The van der Waals surface area contributed by atoms with Gasteiger partial charge in [0.2, 0.25) is 5.91 Å². The zero-order chi connectivity index (χ0) is 20.0. The van der Waals surface area contributed by atoms with Gasteiger partial charge in [-0.25, -0.2) is 0 Å². The van der Waals surface area contributed by atoms with Crippen LogP contribution in [-0.4, -0.2) is 68.1 Å². The highest BCUT2D eigenvalue weighted by Crippen LogP contribution is 2.37. The Bertz CT molecular complexity index is 683. The van der Waals surface area contributed by atoms with E-state index in [9.17, 15) is 9.59 Å². The number of nitrogens with zero attached hydrogens (tertiary/aromatic N) is 2. The van der Waals surface area contributed by atoms with Gasteiger partial charge >= 0.3 is 0 Å². The van der Waals surface area contributed by atoms with E-state index in [4.69, 9.17) is 9.47 Å². The summed E-state index contributed by atoms with van der Waals surface area (Å²) < 4.78 is 11.5. The number of piperidine rings is 1. The van der Waals surface area contributed by atoms with Gasteiger partial charge in [0.25, 0.3) is 5.91 Å². The summed E-state index contributed by atoms with van der Waals surface area (Å²) in [6, 6.07) is 7.41. The number of rotatable bonds is 2. The maximum absolute atomic E-state index is 13.1. The molecule has 1 aromatic rings. The monoisotopic (exact) mass is 388 g/mol. The Kier molecular flexibility index (Phi) is 6.94. The van der Waals surface area contributed by atoms with Crippen molar-refractivity contribution in [2.24, 2.45) is 5.41 Å². The van der Waals surface area contributed by atoms with Gasteiger partial charge in [-0.05, 0) is 43.2 Å². The van der Waals surface area contributed by atoms with E-state index in [2.05, 4.69) is 0 Å². The summed E-state index contributed by atoms with van der Waals surface area (Å²) in [4.78, 5) is 28.9. The first-order valence-electron chi connectivity index (χ1n) is 10.3. The Hall–Kier alpha value is -2.08. The Morgan fingerprint density at radius 3 is 2.57 bits per heavy atom. The number of carbonyl (C=O) groups excluding carboxylic acids is 2. The summed E-state index contributed by atoms with van der Waals surface area (Å²) in [5, 5.41) is 0. The van der Waals surface area contributed by atoms with Gasteiger partial charge in [0, 0.05) is 33.7 Å². The number of hydrogen-bond donors (Lipinski definition) is 0. The van der Waals surface area contributed by atoms with E-state index in [-0.39, 0.29) is 17.2 Å². The highest BCUT2D eigenvalue weighted by atomic mass is 16.5. The van der Waals surface area contributed by atoms with Crippen LogP contribution >= 0.6 is 0 Å². The molecule has 3 aliphatic rings. The predicted octanol–water partition coefficient (Wildman–Crippen LogP) is 2.97. The lowest BCUT2D eigenvalue weighted by Gasteiger charge is -2.41. The fourth-order valence-corrected chi connectivity index (χ4v) is 4.39. The molecule has 0 spiro atoms. The van der Waals surface area contributed by atoms with Crippen molar-refractivity contribution in [1.82, 2.24) is 9.80 Å². The first-order valence-corrected chi connectivity index (χ1v) is 10.3. The summed E-state index contributed by atoms with van der Waals surface area (Å²) in [6.07, 6.45) is 5.01. The molecule has 3 aliphatic heterocycles. The van der Waals surface area contributed by atoms with Gasteiger partial charge in [0.15, 0.2) is 0 Å². The molecule has 0 aliphatic carbocycles. The van der Waals surface area contributed by atoms with Crippen molar-refractivity contribution in [2.75, 3.05) is 46.5 Å². The van der Waals surface area contributed by atoms with Gasteiger partial charge in [0.05, 0.1) is 18.7 Å². The van der Waals surface area contributed by atoms with Crippen LogP contribution in [0.3, 0.4) is 0 Å². The molecule has 0 N–H and O–H groups in total. The van der Waals surface area contributed by atoms with Crippen molar-refractivity contribution in [3.05, 3.63) is 29.8 Å². The maximum Gasteiger partial charge on any atom is 0.257 e. The van der Waals surface area contributed by atoms with Crippen LogP contribution in [0.25, 0.3) is 0 Å². The molecule has 1 fully saturated rings. The average Bonchev–Trinajstić information content (AvgIpc) is 2.70. The number of fused-ring (bicyclic) bond motifs is 9. The van der Waals surface area contributed by atoms with Crippen molar-refractivity contribution in [3.63, 3.8) is 0 Å². The first-order chi connectivity index (χ1) is 13.5. The number of amides is 2. The summed E-state index contributed by atoms with van der Waals surface area (Å²) in [7, 11) is 1.76. The molecule has 2 bridgehead atoms. The van der Waals surface area contributed by atoms with E-state index in [1.165, 1.54) is 0 Å². The van der Waals surface area contributed by atoms with Crippen LogP contribution < -0.4 is 4.74 Å². The van der Waals surface area contributed by atoms with E-state index >= 15 is 0 Å². The SMILES string of the molecule is COCC12CCCCN(C(C)=O)CCOc3ccccc3C(=O)N(CC1)CC2. The van der Waals surface area contributed by atoms with Crippen LogP contribution in [-0.2, 0) is 9.53 Å². The molecule has 6 heteroatoms. The van der Waals surface area contributed by atoms with Gasteiger partial charge in [-0.1, -0.05) is 18.6 Å². The van der Waals surface area contributed by atoms with Crippen LogP contribution in [0.1, 0.15) is 49.4 Å².